The molecule has 2 heterocycles. The maximum atomic E-state index is 12.8. The Balaban J connectivity index is 2.32. The third kappa shape index (κ3) is 2.36. The SMILES string of the molecule is Cc1ccc2c(c1)c1c(n2CC(=O)O)C(=O)N(C)CCCC1. The molecule has 0 saturated heterocycles. The Hall–Kier alpha value is -2.30. The predicted molar refractivity (Wildman–Crippen MR) is 84.2 cm³/mol. The molecule has 5 nitrogen and oxygen atoms in total. The van der Waals surface area contributed by atoms with E-state index in [1.54, 1.807) is 16.5 Å². The van der Waals surface area contributed by atoms with Gasteiger partial charge in [0.1, 0.15) is 12.2 Å². The first-order chi connectivity index (χ1) is 10.5. The van der Waals surface area contributed by atoms with Crippen molar-refractivity contribution >= 4 is 22.8 Å². The van der Waals surface area contributed by atoms with Gasteiger partial charge in [0.2, 0.25) is 0 Å². The van der Waals surface area contributed by atoms with E-state index in [0.717, 1.165) is 41.3 Å². The molecule has 5 heteroatoms. The highest BCUT2D eigenvalue weighted by Gasteiger charge is 2.27. The molecule has 1 aliphatic rings. The van der Waals surface area contributed by atoms with Crippen molar-refractivity contribution in [1.29, 1.82) is 0 Å². The number of carbonyl (C=O) groups excluding carboxylic acids is 1. The molecule has 1 aromatic carbocycles. The smallest absolute Gasteiger partial charge is 0.323 e. The van der Waals surface area contributed by atoms with E-state index < -0.39 is 5.97 Å². The number of nitrogens with zero attached hydrogens (tertiary/aromatic N) is 2. The number of aliphatic carboxylic acids is 1. The number of hydrogen-bond donors (Lipinski definition) is 1. The topological polar surface area (TPSA) is 62.5 Å². The summed E-state index contributed by atoms with van der Waals surface area (Å²) >= 11 is 0. The van der Waals surface area contributed by atoms with Gasteiger partial charge < -0.3 is 14.6 Å². The van der Waals surface area contributed by atoms with E-state index in [0.29, 0.717) is 12.2 Å². The van der Waals surface area contributed by atoms with E-state index >= 15 is 0 Å². The molecule has 0 spiro atoms. The minimum Gasteiger partial charge on any atom is -0.480 e. The van der Waals surface area contributed by atoms with Gasteiger partial charge in [-0.05, 0) is 43.9 Å². The quantitative estimate of drug-likeness (QED) is 0.926. The molecule has 0 fully saturated rings. The lowest BCUT2D eigenvalue weighted by molar-refractivity contribution is -0.137. The van der Waals surface area contributed by atoms with Crippen LogP contribution in [-0.4, -0.2) is 40.0 Å². The van der Waals surface area contributed by atoms with Crippen molar-refractivity contribution in [2.75, 3.05) is 13.6 Å². The number of carboxylic acids is 1. The molecule has 0 aliphatic carbocycles. The van der Waals surface area contributed by atoms with Crippen LogP contribution in [0.25, 0.3) is 10.9 Å². The van der Waals surface area contributed by atoms with E-state index in [1.807, 2.05) is 19.1 Å². The number of fused-ring (bicyclic) bond motifs is 3. The van der Waals surface area contributed by atoms with Gasteiger partial charge >= 0.3 is 5.97 Å². The van der Waals surface area contributed by atoms with Gasteiger partial charge in [0.25, 0.3) is 5.91 Å². The molecule has 116 valence electrons. The molecule has 1 aliphatic heterocycles. The van der Waals surface area contributed by atoms with Gasteiger partial charge in [-0.15, -0.1) is 0 Å². The summed E-state index contributed by atoms with van der Waals surface area (Å²) in [5, 5.41) is 10.2. The first-order valence-electron chi connectivity index (χ1n) is 7.58. The van der Waals surface area contributed by atoms with Crippen molar-refractivity contribution in [3.05, 3.63) is 35.0 Å². The number of carbonyl (C=O) groups is 2. The van der Waals surface area contributed by atoms with Crippen LogP contribution in [0.4, 0.5) is 0 Å². The summed E-state index contributed by atoms with van der Waals surface area (Å²) in [6.45, 7) is 2.54. The van der Waals surface area contributed by atoms with Crippen LogP contribution in [0.1, 0.15) is 34.5 Å². The number of amides is 1. The third-order valence-corrected chi connectivity index (χ3v) is 4.34. The molecule has 2 aromatic rings. The average molecular weight is 300 g/mol. The standard InChI is InChI=1S/C17H20N2O3/c1-11-6-7-14-13(9-11)12-5-3-4-8-18(2)17(22)16(12)19(14)10-15(20)21/h6-7,9H,3-5,8,10H2,1-2H3,(H,20,21). The Kier molecular flexibility index (Phi) is 3.64. The Morgan fingerprint density at radius 3 is 2.82 bits per heavy atom. The van der Waals surface area contributed by atoms with Crippen LogP contribution >= 0.6 is 0 Å². The second-order valence-corrected chi connectivity index (χ2v) is 6.01. The van der Waals surface area contributed by atoms with Gasteiger partial charge in [0, 0.05) is 24.5 Å². The summed E-state index contributed by atoms with van der Waals surface area (Å²) in [7, 11) is 1.78. The zero-order valence-corrected chi connectivity index (χ0v) is 12.9. The van der Waals surface area contributed by atoms with E-state index in [4.69, 9.17) is 0 Å². The van der Waals surface area contributed by atoms with Crippen LogP contribution in [0.2, 0.25) is 0 Å². The van der Waals surface area contributed by atoms with Gasteiger partial charge in [-0.3, -0.25) is 9.59 Å². The molecule has 0 saturated carbocycles. The first-order valence-corrected chi connectivity index (χ1v) is 7.58. The van der Waals surface area contributed by atoms with Crippen molar-refractivity contribution < 1.29 is 14.7 Å². The number of aromatic nitrogens is 1. The van der Waals surface area contributed by atoms with E-state index in [1.165, 1.54) is 0 Å². The fraction of sp³-hybridized carbons (Fsp3) is 0.412. The van der Waals surface area contributed by atoms with Crippen molar-refractivity contribution in [2.24, 2.45) is 0 Å². The second-order valence-electron chi connectivity index (χ2n) is 6.01. The predicted octanol–water partition coefficient (Wildman–Crippen LogP) is 2.44. The van der Waals surface area contributed by atoms with Crippen LogP contribution in [-0.2, 0) is 17.8 Å². The maximum absolute atomic E-state index is 12.8. The molecule has 0 radical (unpaired) electrons. The molecule has 0 atom stereocenters. The monoisotopic (exact) mass is 300 g/mol. The second kappa shape index (κ2) is 5.48. The molecule has 1 amide bonds. The Morgan fingerprint density at radius 1 is 1.32 bits per heavy atom. The Morgan fingerprint density at radius 2 is 2.09 bits per heavy atom. The number of carboxylic acid groups (broad SMARTS) is 1. The molecular weight excluding hydrogens is 280 g/mol. The largest absolute Gasteiger partial charge is 0.480 e. The molecule has 22 heavy (non-hydrogen) atoms. The molecule has 1 N–H and O–H groups in total. The lowest BCUT2D eigenvalue weighted by Crippen LogP contribution is -2.32. The Labute approximate surface area is 129 Å². The lowest BCUT2D eigenvalue weighted by atomic mass is 10.0. The van der Waals surface area contributed by atoms with E-state index in [9.17, 15) is 14.7 Å². The van der Waals surface area contributed by atoms with Crippen LogP contribution < -0.4 is 0 Å². The van der Waals surface area contributed by atoms with E-state index in [2.05, 4.69) is 6.07 Å². The summed E-state index contributed by atoms with van der Waals surface area (Å²) in [4.78, 5) is 25.7. The summed E-state index contributed by atoms with van der Waals surface area (Å²) in [6, 6.07) is 5.94. The van der Waals surface area contributed by atoms with Crippen molar-refractivity contribution in [3.63, 3.8) is 0 Å². The zero-order valence-electron chi connectivity index (χ0n) is 12.9. The van der Waals surface area contributed by atoms with Gasteiger partial charge in [-0.25, -0.2) is 0 Å². The molecule has 3 rings (SSSR count). The lowest BCUT2D eigenvalue weighted by Gasteiger charge is -2.21. The van der Waals surface area contributed by atoms with Crippen molar-refractivity contribution in [3.8, 4) is 0 Å². The highest BCUT2D eigenvalue weighted by Crippen LogP contribution is 2.31. The summed E-state index contributed by atoms with van der Waals surface area (Å²) < 4.78 is 1.66. The van der Waals surface area contributed by atoms with E-state index in [-0.39, 0.29) is 12.5 Å². The Bertz CT molecular complexity index is 761. The minimum absolute atomic E-state index is 0.0789. The number of rotatable bonds is 2. The molecule has 0 unspecified atom stereocenters. The highest BCUT2D eigenvalue weighted by molar-refractivity contribution is 6.02. The third-order valence-electron chi connectivity index (χ3n) is 4.34. The summed E-state index contributed by atoms with van der Waals surface area (Å²) in [5.41, 5.74) is 3.49. The fourth-order valence-corrected chi connectivity index (χ4v) is 3.27. The zero-order chi connectivity index (χ0) is 15.9. The summed E-state index contributed by atoms with van der Waals surface area (Å²) in [6.07, 6.45) is 2.80. The van der Waals surface area contributed by atoms with Crippen LogP contribution in [0, 0.1) is 6.92 Å². The number of aryl methyl sites for hydroxylation is 2. The normalized spacial score (nSPS) is 15.5. The van der Waals surface area contributed by atoms with Gasteiger partial charge in [-0.1, -0.05) is 11.6 Å². The first kappa shape index (κ1) is 14.6. The van der Waals surface area contributed by atoms with Crippen LogP contribution in [0.5, 0.6) is 0 Å². The van der Waals surface area contributed by atoms with Gasteiger partial charge in [0.05, 0.1) is 0 Å². The summed E-state index contributed by atoms with van der Waals surface area (Å²) in [5.74, 6) is -1.01. The highest BCUT2D eigenvalue weighted by atomic mass is 16.4. The fourth-order valence-electron chi connectivity index (χ4n) is 3.27. The van der Waals surface area contributed by atoms with Gasteiger partial charge in [-0.2, -0.15) is 0 Å². The molecule has 1 aromatic heterocycles. The number of hydrogen-bond acceptors (Lipinski definition) is 2. The van der Waals surface area contributed by atoms with Gasteiger partial charge in [0.15, 0.2) is 0 Å². The van der Waals surface area contributed by atoms with Crippen molar-refractivity contribution in [1.82, 2.24) is 9.47 Å². The maximum Gasteiger partial charge on any atom is 0.323 e. The van der Waals surface area contributed by atoms with Crippen LogP contribution in [0.3, 0.4) is 0 Å². The van der Waals surface area contributed by atoms with Crippen molar-refractivity contribution in [2.45, 2.75) is 32.7 Å². The number of benzene rings is 1. The average Bonchev–Trinajstić information content (AvgIpc) is 2.73. The minimum atomic E-state index is -0.933. The molecular formula is C17H20N2O3. The molecule has 0 bridgehead atoms. The van der Waals surface area contributed by atoms with Crippen LogP contribution in [0.15, 0.2) is 18.2 Å².